The number of hydrogen-bond acceptors (Lipinski definition) is 4. The third kappa shape index (κ3) is 3.79. The molecule has 24 heavy (non-hydrogen) atoms. The van der Waals surface area contributed by atoms with E-state index in [4.69, 9.17) is 14.2 Å². The SMILES string of the molecule is COc1ccccc1CCNC(=O)c1ccc2c(c1)OCCCO2. The van der Waals surface area contributed by atoms with Crippen LogP contribution in [0.3, 0.4) is 0 Å². The highest BCUT2D eigenvalue weighted by Crippen LogP contribution is 2.30. The van der Waals surface area contributed by atoms with Gasteiger partial charge in [0.15, 0.2) is 11.5 Å². The second-order valence-electron chi connectivity index (χ2n) is 5.53. The van der Waals surface area contributed by atoms with E-state index in [0.717, 1.165) is 17.7 Å². The van der Waals surface area contributed by atoms with Crippen LogP contribution in [0.1, 0.15) is 22.3 Å². The molecule has 0 atom stereocenters. The van der Waals surface area contributed by atoms with E-state index in [0.29, 0.717) is 43.2 Å². The summed E-state index contributed by atoms with van der Waals surface area (Å²) in [5, 5.41) is 2.93. The molecule has 2 aromatic carbocycles. The minimum atomic E-state index is -0.124. The summed E-state index contributed by atoms with van der Waals surface area (Å²) in [6.45, 7) is 1.77. The van der Waals surface area contributed by atoms with Crippen LogP contribution < -0.4 is 19.5 Å². The Balaban J connectivity index is 1.60. The van der Waals surface area contributed by atoms with Crippen LogP contribution in [-0.2, 0) is 6.42 Å². The summed E-state index contributed by atoms with van der Waals surface area (Å²) in [5.41, 5.74) is 1.64. The van der Waals surface area contributed by atoms with Gasteiger partial charge in [0.25, 0.3) is 5.91 Å². The second-order valence-corrected chi connectivity index (χ2v) is 5.53. The highest BCUT2D eigenvalue weighted by atomic mass is 16.5. The third-order valence-corrected chi connectivity index (χ3v) is 3.88. The fourth-order valence-corrected chi connectivity index (χ4v) is 2.63. The summed E-state index contributed by atoms with van der Waals surface area (Å²) < 4.78 is 16.5. The van der Waals surface area contributed by atoms with Crippen molar-refractivity contribution in [3.63, 3.8) is 0 Å². The van der Waals surface area contributed by atoms with Crippen LogP contribution in [0.5, 0.6) is 17.2 Å². The number of fused-ring (bicyclic) bond motifs is 1. The van der Waals surface area contributed by atoms with Crippen molar-refractivity contribution in [1.29, 1.82) is 0 Å². The van der Waals surface area contributed by atoms with Gasteiger partial charge in [-0.3, -0.25) is 4.79 Å². The van der Waals surface area contributed by atoms with Crippen LogP contribution in [0.4, 0.5) is 0 Å². The molecule has 1 aliphatic rings. The Kier molecular flexibility index (Phi) is 5.21. The van der Waals surface area contributed by atoms with Gasteiger partial charge in [0, 0.05) is 18.5 Å². The van der Waals surface area contributed by atoms with E-state index in [1.165, 1.54) is 0 Å². The predicted molar refractivity (Wildman–Crippen MR) is 91.1 cm³/mol. The zero-order valence-electron chi connectivity index (χ0n) is 13.7. The summed E-state index contributed by atoms with van der Waals surface area (Å²) in [4.78, 5) is 12.3. The number of rotatable bonds is 5. The zero-order chi connectivity index (χ0) is 16.8. The van der Waals surface area contributed by atoms with Gasteiger partial charge >= 0.3 is 0 Å². The molecule has 0 saturated heterocycles. The molecule has 0 aromatic heterocycles. The van der Waals surface area contributed by atoms with E-state index in [2.05, 4.69) is 5.32 Å². The molecular formula is C19H21NO4. The monoisotopic (exact) mass is 327 g/mol. The molecule has 1 aliphatic heterocycles. The number of carbonyl (C=O) groups excluding carboxylic acids is 1. The molecule has 5 nitrogen and oxygen atoms in total. The molecule has 0 spiro atoms. The number of carbonyl (C=O) groups is 1. The highest BCUT2D eigenvalue weighted by Gasteiger charge is 2.14. The van der Waals surface area contributed by atoms with Crippen LogP contribution in [0.15, 0.2) is 42.5 Å². The summed E-state index contributed by atoms with van der Waals surface area (Å²) in [6, 6.07) is 13.1. The summed E-state index contributed by atoms with van der Waals surface area (Å²) in [5.74, 6) is 2.03. The molecular weight excluding hydrogens is 306 g/mol. The maximum atomic E-state index is 12.3. The molecule has 0 saturated carbocycles. The van der Waals surface area contributed by atoms with Crippen LogP contribution in [0.25, 0.3) is 0 Å². The van der Waals surface area contributed by atoms with Crippen LogP contribution in [0, 0.1) is 0 Å². The Labute approximate surface area is 141 Å². The number of para-hydroxylation sites is 1. The van der Waals surface area contributed by atoms with Gasteiger partial charge in [0.05, 0.1) is 20.3 Å². The predicted octanol–water partition coefficient (Wildman–Crippen LogP) is 2.83. The van der Waals surface area contributed by atoms with Crippen LogP contribution >= 0.6 is 0 Å². The fourth-order valence-electron chi connectivity index (χ4n) is 2.63. The van der Waals surface area contributed by atoms with Crippen molar-refractivity contribution in [3.05, 3.63) is 53.6 Å². The first-order valence-electron chi connectivity index (χ1n) is 8.07. The van der Waals surface area contributed by atoms with Gasteiger partial charge in [-0.15, -0.1) is 0 Å². The van der Waals surface area contributed by atoms with Crippen molar-refractivity contribution in [2.75, 3.05) is 26.9 Å². The molecule has 126 valence electrons. The Hall–Kier alpha value is -2.69. The van der Waals surface area contributed by atoms with Gasteiger partial charge in [-0.2, -0.15) is 0 Å². The van der Waals surface area contributed by atoms with Crippen molar-refractivity contribution in [2.45, 2.75) is 12.8 Å². The van der Waals surface area contributed by atoms with Crippen LogP contribution in [0.2, 0.25) is 0 Å². The Morgan fingerprint density at radius 2 is 1.92 bits per heavy atom. The van der Waals surface area contributed by atoms with Crippen molar-refractivity contribution < 1.29 is 19.0 Å². The number of benzene rings is 2. The number of hydrogen-bond donors (Lipinski definition) is 1. The second kappa shape index (κ2) is 7.73. The van der Waals surface area contributed by atoms with Gasteiger partial charge in [-0.1, -0.05) is 18.2 Å². The molecule has 1 heterocycles. The third-order valence-electron chi connectivity index (χ3n) is 3.88. The summed E-state index contributed by atoms with van der Waals surface area (Å²) >= 11 is 0. The first-order valence-corrected chi connectivity index (χ1v) is 8.07. The van der Waals surface area contributed by atoms with E-state index in [1.54, 1.807) is 25.3 Å². The van der Waals surface area contributed by atoms with Crippen molar-refractivity contribution >= 4 is 5.91 Å². The van der Waals surface area contributed by atoms with Gasteiger partial charge in [-0.05, 0) is 36.2 Å². The number of amides is 1. The molecule has 2 aromatic rings. The molecule has 1 amide bonds. The fraction of sp³-hybridized carbons (Fsp3) is 0.316. The topological polar surface area (TPSA) is 56.8 Å². The lowest BCUT2D eigenvalue weighted by molar-refractivity contribution is 0.0953. The van der Waals surface area contributed by atoms with Gasteiger partial charge in [-0.25, -0.2) is 0 Å². The summed E-state index contributed by atoms with van der Waals surface area (Å²) in [6.07, 6.45) is 1.55. The lowest BCUT2D eigenvalue weighted by atomic mass is 10.1. The van der Waals surface area contributed by atoms with E-state index < -0.39 is 0 Å². The Morgan fingerprint density at radius 3 is 2.75 bits per heavy atom. The van der Waals surface area contributed by atoms with Crippen molar-refractivity contribution in [3.8, 4) is 17.2 Å². The van der Waals surface area contributed by atoms with Gasteiger partial charge < -0.3 is 19.5 Å². The quantitative estimate of drug-likeness (QED) is 0.917. The lowest BCUT2D eigenvalue weighted by Crippen LogP contribution is -2.25. The van der Waals surface area contributed by atoms with Crippen LogP contribution in [-0.4, -0.2) is 32.8 Å². The van der Waals surface area contributed by atoms with Gasteiger partial charge in [0.1, 0.15) is 5.75 Å². The number of methoxy groups -OCH3 is 1. The molecule has 0 unspecified atom stereocenters. The number of ether oxygens (including phenoxy) is 3. The zero-order valence-corrected chi connectivity index (χ0v) is 13.7. The maximum absolute atomic E-state index is 12.3. The minimum absolute atomic E-state index is 0.124. The molecule has 0 bridgehead atoms. The first-order chi connectivity index (χ1) is 11.8. The number of nitrogens with one attached hydrogen (secondary N) is 1. The van der Waals surface area contributed by atoms with E-state index in [9.17, 15) is 4.79 Å². The average Bonchev–Trinajstić information content (AvgIpc) is 2.86. The molecule has 0 radical (unpaired) electrons. The molecule has 0 aliphatic carbocycles. The Bertz CT molecular complexity index is 714. The average molecular weight is 327 g/mol. The molecule has 3 rings (SSSR count). The maximum Gasteiger partial charge on any atom is 0.251 e. The minimum Gasteiger partial charge on any atom is -0.496 e. The first kappa shape index (κ1) is 16.2. The molecule has 5 heteroatoms. The highest BCUT2D eigenvalue weighted by molar-refractivity contribution is 5.94. The standard InChI is InChI=1S/C19H21NO4/c1-22-16-6-3-2-5-14(16)9-10-20-19(21)15-7-8-17-18(13-15)24-12-4-11-23-17/h2-3,5-8,13H,4,9-12H2,1H3,(H,20,21). The van der Waals surface area contributed by atoms with Crippen molar-refractivity contribution in [2.24, 2.45) is 0 Å². The molecule has 1 N–H and O–H groups in total. The van der Waals surface area contributed by atoms with Gasteiger partial charge in [0.2, 0.25) is 0 Å². The van der Waals surface area contributed by atoms with Crippen molar-refractivity contribution in [1.82, 2.24) is 5.32 Å². The smallest absolute Gasteiger partial charge is 0.251 e. The molecule has 0 fully saturated rings. The van der Waals surface area contributed by atoms with E-state index >= 15 is 0 Å². The van der Waals surface area contributed by atoms with E-state index in [-0.39, 0.29) is 5.91 Å². The lowest BCUT2D eigenvalue weighted by Gasteiger charge is -2.11. The van der Waals surface area contributed by atoms with E-state index in [1.807, 2.05) is 24.3 Å². The largest absolute Gasteiger partial charge is 0.496 e. The Morgan fingerprint density at radius 1 is 1.12 bits per heavy atom. The summed E-state index contributed by atoms with van der Waals surface area (Å²) in [7, 11) is 1.65. The normalized spacial score (nSPS) is 13.0.